The van der Waals surface area contributed by atoms with Gasteiger partial charge in [0.1, 0.15) is 18.2 Å². The molecule has 0 radical (unpaired) electrons. The Balaban J connectivity index is 1.73. The fraction of sp³-hybridized carbons (Fsp3) is 0.160. The number of aromatic nitrogens is 2. The molecule has 5 rings (SSSR count). The number of carbonyl (C=O) groups excluding carboxylic acids is 2. The largest absolute Gasteiger partial charge is 0.416 e. The van der Waals surface area contributed by atoms with Crippen LogP contribution in [0.15, 0.2) is 42.5 Å². The van der Waals surface area contributed by atoms with E-state index in [1.807, 2.05) is 0 Å². The van der Waals surface area contributed by atoms with Crippen LogP contribution in [0.2, 0.25) is 5.02 Å². The maximum Gasteiger partial charge on any atom is 0.416 e. The van der Waals surface area contributed by atoms with Crippen molar-refractivity contribution >= 4 is 40.0 Å². The zero-order valence-electron chi connectivity index (χ0n) is 19.5. The SMILES string of the molecule is O=C(Nc1cc2c(c(F)nn2CC(F)F)c2c1[C@H](c1cc(F)ccc1Cl)NC2=O)c1cc(F)cc(C(F)(F)F)c1. The van der Waals surface area contributed by atoms with Gasteiger partial charge in [0.25, 0.3) is 18.2 Å². The first-order chi connectivity index (χ1) is 18.7. The standard InChI is InChI=1S/C25H13ClF8N4O2/c26-14-2-1-11(27)6-13(14)21-18-15(35-23(39)9-3-10(25(32,33)34)5-12(28)4-9)7-16-19(20(18)24(40)36-21)22(31)37-38(16)8-17(29)30/h1-7,17,21H,8H2,(H,35,39)(H,36,40)/t21-/m0/s1. The third-order valence-corrected chi connectivity index (χ3v) is 6.49. The predicted molar refractivity (Wildman–Crippen MR) is 126 cm³/mol. The summed E-state index contributed by atoms with van der Waals surface area (Å²) in [7, 11) is 0. The summed E-state index contributed by atoms with van der Waals surface area (Å²) in [5.74, 6) is -5.69. The van der Waals surface area contributed by atoms with E-state index in [4.69, 9.17) is 11.6 Å². The Labute approximate surface area is 223 Å². The normalized spacial score (nSPS) is 15.1. The molecule has 0 saturated carbocycles. The molecular formula is C25H13ClF8N4O2. The molecule has 0 fully saturated rings. The predicted octanol–water partition coefficient (Wildman–Crippen LogP) is 6.48. The minimum atomic E-state index is -4.99. The van der Waals surface area contributed by atoms with Gasteiger partial charge in [-0.05, 0) is 42.5 Å². The highest BCUT2D eigenvalue weighted by molar-refractivity contribution is 6.31. The van der Waals surface area contributed by atoms with Crippen LogP contribution in [0, 0.1) is 17.6 Å². The topological polar surface area (TPSA) is 76.0 Å². The van der Waals surface area contributed by atoms with E-state index >= 15 is 0 Å². The summed E-state index contributed by atoms with van der Waals surface area (Å²) in [6.07, 6.45) is -8.00. The number of alkyl halides is 5. The fourth-order valence-corrected chi connectivity index (χ4v) is 4.77. The van der Waals surface area contributed by atoms with Gasteiger partial charge in [0.15, 0.2) is 0 Å². The highest BCUT2D eigenvalue weighted by atomic mass is 35.5. The quantitative estimate of drug-likeness (QED) is 0.262. The van der Waals surface area contributed by atoms with Crippen LogP contribution in [-0.2, 0) is 12.7 Å². The number of halogens is 9. The average Bonchev–Trinajstić information content (AvgIpc) is 3.35. The van der Waals surface area contributed by atoms with Gasteiger partial charge in [-0.15, -0.1) is 5.10 Å². The minimum Gasteiger partial charge on any atom is -0.341 e. The van der Waals surface area contributed by atoms with Gasteiger partial charge in [0.05, 0.1) is 28.1 Å². The molecule has 1 aliphatic heterocycles. The Morgan fingerprint density at radius 3 is 2.48 bits per heavy atom. The van der Waals surface area contributed by atoms with E-state index in [1.54, 1.807) is 0 Å². The van der Waals surface area contributed by atoms with Crippen LogP contribution < -0.4 is 10.6 Å². The Morgan fingerprint density at radius 2 is 1.80 bits per heavy atom. The van der Waals surface area contributed by atoms with Crippen molar-refractivity contribution in [2.24, 2.45) is 0 Å². The molecule has 1 atom stereocenters. The Kier molecular flexibility index (Phi) is 6.68. The van der Waals surface area contributed by atoms with Crippen LogP contribution in [0.5, 0.6) is 0 Å². The lowest BCUT2D eigenvalue weighted by atomic mass is 9.94. The average molecular weight is 589 g/mol. The zero-order valence-corrected chi connectivity index (χ0v) is 20.3. The molecule has 0 saturated heterocycles. The van der Waals surface area contributed by atoms with Crippen molar-refractivity contribution in [2.75, 3.05) is 5.32 Å². The van der Waals surface area contributed by atoms with Gasteiger partial charge >= 0.3 is 6.18 Å². The summed E-state index contributed by atoms with van der Waals surface area (Å²) in [6.45, 7) is -1.10. The number of nitrogens with zero attached hydrogens (tertiary/aromatic N) is 2. The van der Waals surface area contributed by atoms with E-state index < -0.39 is 76.7 Å². The highest BCUT2D eigenvalue weighted by Gasteiger charge is 2.38. The molecule has 2 amide bonds. The number of carbonyl (C=O) groups is 2. The summed E-state index contributed by atoms with van der Waals surface area (Å²) >= 11 is 6.21. The van der Waals surface area contributed by atoms with E-state index in [1.165, 1.54) is 6.07 Å². The first-order valence-corrected chi connectivity index (χ1v) is 11.6. The number of hydrogen-bond donors (Lipinski definition) is 2. The van der Waals surface area contributed by atoms with Gasteiger partial charge in [-0.1, -0.05) is 11.6 Å². The molecular weight excluding hydrogens is 576 g/mol. The van der Waals surface area contributed by atoms with Gasteiger partial charge in [-0.25, -0.2) is 17.6 Å². The molecule has 3 aromatic carbocycles. The van der Waals surface area contributed by atoms with Gasteiger partial charge in [-0.2, -0.15) is 17.6 Å². The van der Waals surface area contributed by atoms with Crippen LogP contribution in [0.25, 0.3) is 10.9 Å². The summed E-state index contributed by atoms with van der Waals surface area (Å²) in [5.41, 5.74) is -3.63. The maximum absolute atomic E-state index is 14.9. The lowest BCUT2D eigenvalue weighted by molar-refractivity contribution is -0.137. The second kappa shape index (κ2) is 9.77. The van der Waals surface area contributed by atoms with Crippen LogP contribution in [0.1, 0.15) is 43.4 Å². The summed E-state index contributed by atoms with van der Waals surface area (Å²) in [4.78, 5) is 26.1. The van der Waals surface area contributed by atoms with Crippen molar-refractivity contribution in [3.05, 3.63) is 92.9 Å². The van der Waals surface area contributed by atoms with Crippen molar-refractivity contribution in [2.45, 2.75) is 25.2 Å². The Hall–Kier alpha value is -4.20. The van der Waals surface area contributed by atoms with Crippen LogP contribution in [0.3, 0.4) is 0 Å². The maximum atomic E-state index is 14.9. The Bertz CT molecular complexity index is 1700. The smallest absolute Gasteiger partial charge is 0.341 e. The van der Waals surface area contributed by atoms with Gasteiger partial charge in [-0.3, -0.25) is 14.3 Å². The number of nitrogens with one attached hydrogen (secondary N) is 2. The zero-order chi connectivity index (χ0) is 29.1. The minimum absolute atomic E-state index is 0.0332. The van der Waals surface area contributed by atoms with Gasteiger partial charge in [0, 0.05) is 27.4 Å². The molecule has 0 unspecified atom stereocenters. The molecule has 4 aromatic rings. The first kappa shape index (κ1) is 27.4. The second-order valence-electron chi connectivity index (χ2n) is 8.72. The van der Waals surface area contributed by atoms with Crippen molar-refractivity contribution < 1.29 is 44.7 Å². The van der Waals surface area contributed by atoms with Crippen molar-refractivity contribution in [3.63, 3.8) is 0 Å². The van der Waals surface area contributed by atoms with E-state index in [2.05, 4.69) is 15.7 Å². The third kappa shape index (κ3) is 4.83. The van der Waals surface area contributed by atoms with Crippen molar-refractivity contribution in [3.8, 4) is 0 Å². The lowest BCUT2D eigenvalue weighted by Gasteiger charge is -2.19. The summed E-state index contributed by atoms with van der Waals surface area (Å²) in [6, 6.07) is 3.88. The number of amides is 2. The fourth-order valence-electron chi connectivity index (χ4n) is 4.54. The van der Waals surface area contributed by atoms with Crippen LogP contribution >= 0.6 is 11.6 Å². The summed E-state index contributed by atoms with van der Waals surface area (Å²) < 4.78 is 110. The molecule has 0 aliphatic carbocycles. The lowest BCUT2D eigenvalue weighted by Crippen LogP contribution is -2.21. The van der Waals surface area contributed by atoms with E-state index in [0.717, 1.165) is 18.2 Å². The second-order valence-corrected chi connectivity index (χ2v) is 9.13. The van der Waals surface area contributed by atoms with Gasteiger partial charge in [0.2, 0.25) is 5.95 Å². The van der Waals surface area contributed by atoms with E-state index in [0.29, 0.717) is 16.8 Å². The number of anilines is 1. The van der Waals surface area contributed by atoms with Crippen molar-refractivity contribution in [1.29, 1.82) is 0 Å². The highest BCUT2D eigenvalue weighted by Crippen LogP contribution is 2.43. The molecule has 0 spiro atoms. The van der Waals surface area contributed by atoms with Gasteiger partial charge < -0.3 is 10.6 Å². The molecule has 0 bridgehead atoms. The molecule has 15 heteroatoms. The Morgan fingerprint density at radius 1 is 1.07 bits per heavy atom. The molecule has 2 N–H and O–H groups in total. The van der Waals surface area contributed by atoms with E-state index in [9.17, 15) is 44.7 Å². The molecule has 1 aromatic heterocycles. The number of hydrogen-bond acceptors (Lipinski definition) is 3. The number of benzene rings is 3. The molecule has 40 heavy (non-hydrogen) atoms. The molecule has 2 heterocycles. The first-order valence-electron chi connectivity index (χ1n) is 11.2. The number of rotatable bonds is 5. The van der Waals surface area contributed by atoms with Crippen molar-refractivity contribution in [1.82, 2.24) is 15.1 Å². The summed E-state index contributed by atoms with van der Waals surface area (Å²) in [5, 5.41) is 7.58. The van der Waals surface area contributed by atoms with Crippen LogP contribution in [-0.4, -0.2) is 28.0 Å². The molecule has 208 valence electrons. The van der Waals surface area contributed by atoms with Crippen LogP contribution in [0.4, 0.5) is 40.8 Å². The van der Waals surface area contributed by atoms with E-state index in [-0.39, 0.29) is 33.4 Å². The monoisotopic (exact) mass is 588 g/mol. The number of fused-ring (bicyclic) bond motifs is 3. The third-order valence-electron chi connectivity index (χ3n) is 6.15. The molecule has 6 nitrogen and oxygen atoms in total. The molecule has 1 aliphatic rings.